The molecule has 0 atom stereocenters. The van der Waals surface area contributed by atoms with Gasteiger partial charge in [-0.05, 0) is 24.6 Å². The van der Waals surface area contributed by atoms with Crippen LogP contribution in [0.2, 0.25) is 0 Å². The molecule has 0 aromatic heterocycles. The van der Waals surface area contributed by atoms with Crippen molar-refractivity contribution in [1.29, 1.82) is 0 Å². The molecule has 0 aliphatic rings. The second-order valence-corrected chi connectivity index (χ2v) is 2.49. The summed E-state index contributed by atoms with van der Waals surface area (Å²) >= 11 is 0. The summed E-state index contributed by atoms with van der Waals surface area (Å²) in [5, 5.41) is 0. The summed E-state index contributed by atoms with van der Waals surface area (Å²) in [4.78, 5) is 10.8. The molecule has 0 saturated heterocycles. The van der Waals surface area contributed by atoms with Crippen LogP contribution in [0.5, 0.6) is 0 Å². The number of rotatable bonds is 2. The van der Waals surface area contributed by atoms with Crippen LogP contribution in [-0.4, -0.2) is 5.91 Å². The zero-order valence-electron chi connectivity index (χ0n) is 6.79. The van der Waals surface area contributed by atoms with Gasteiger partial charge in [0.1, 0.15) is 0 Å². The van der Waals surface area contributed by atoms with Gasteiger partial charge in [-0.1, -0.05) is 6.07 Å². The van der Waals surface area contributed by atoms with E-state index in [1.54, 1.807) is 25.1 Å². The van der Waals surface area contributed by atoms with E-state index in [0.29, 0.717) is 11.3 Å². The predicted molar refractivity (Wildman–Crippen MR) is 47.5 cm³/mol. The minimum atomic E-state index is -0.440. The molecule has 12 heavy (non-hydrogen) atoms. The zero-order valence-corrected chi connectivity index (χ0v) is 6.79. The number of hydrogen-bond donors (Lipinski definition) is 3. The highest BCUT2D eigenvalue weighted by molar-refractivity contribution is 5.95. The average Bonchev–Trinajstić information content (AvgIpc) is 2.04. The van der Waals surface area contributed by atoms with E-state index < -0.39 is 5.91 Å². The average molecular weight is 165 g/mol. The molecule has 5 N–H and O–H groups in total. The van der Waals surface area contributed by atoms with Crippen LogP contribution >= 0.6 is 0 Å². The first-order chi connectivity index (χ1) is 5.66. The van der Waals surface area contributed by atoms with Crippen molar-refractivity contribution in [2.24, 2.45) is 11.6 Å². The highest BCUT2D eigenvalue weighted by atomic mass is 16.1. The van der Waals surface area contributed by atoms with Crippen LogP contribution in [0, 0.1) is 6.92 Å². The first kappa shape index (κ1) is 8.55. The van der Waals surface area contributed by atoms with Gasteiger partial charge in [0.05, 0.1) is 5.69 Å². The quantitative estimate of drug-likeness (QED) is 0.437. The van der Waals surface area contributed by atoms with Crippen molar-refractivity contribution in [3.8, 4) is 0 Å². The fraction of sp³-hybridized carbons (Fsp3) is 0.125. The summed E-state index contributed by atoms with van der Waals surface area (Å²) in [6, 6.07) is 5.17. The number of nitrogens with one attached hydrogen (secondary N) is 1. The van der Waals surface area contributed by atoms with Gasteiger partial charge in [-0.3, -0.25) is 10.6 Å². The zero-order chi connectivity index (χ0) is 9.14. The van der Waals surface area contributed by atoms with E-state index in [1.165, 1.54) is 0 Å². The van der Waals surface area contributed by atoms with Crippen LogP contribution in [0.25, 0.3) is 0 Å². The Balaban J connectivity index is 3.23. The Labute approximate surface area is 70.5 Å². The Hall–Kier alpha value is -1.55. The van der Waals surface area contributed by atoms with E-state index in [4.69, 9.17) is 11.6 Å². The molecular weight excluding hydrogens is 154 g/mol. The van der Waals surface area contributed by atoms with Crippen molar-refractivity contribution in [1.82, 2.24) is 0 Å². The molecule has 0 aliphatic carbocycles. The number of anilines is 1. The summed E-state index contributed by atoms with van der Waals surface area (Å²) in [7, 11) is 0. The van der Waals surface area contributed by atoms with Gasteiger partial charge in [0.2, 0.25) is 5.91 Å². The molecule has 0 unspecified atom stereocenters. The van der Waals surface area contributed by atoms with Gasteiger partial charge in [0.15, 0.2) is 0 Å². The van der Waals surface area contributed by atoms with Crippen molar-refractivity contribution in [2.45, 2.75) is 6.92 Å². The monoisotopic (exact) mass is 165 g/mol. The van der Waals surface area contributed by atoms with Crippen molar-refractivity contribution >= 4 is 11.6 Å². The van der Waals surface area contributed by atoms with Crippen molar-refractivity contribution in [2.75, 3.05) is 5.43 Å². The van der Waals surface area contributed by atoms with E-state index in [-0.39, 0.29) is 0 Å². The molecular formula is C8H11N3O. The van der Waals surface area contributed by atoms with Gasteiger partial charge in [-0.25, -0.2) is 0 Å². The molecule has 0 radical (unpaired) electrons. The Bertz CT molecular complexity index is 309. The van der Waals surface area contributed by atoms with E-state index in [9.17, 15) is 4.79 Å². The molecule has 0 bridgehead atoms. The predicted octanol–water partition coefficient (Wildman–Crippen LogP) is 0.380. The molecule has 0 heterocycles. The Kier molecular flexibility index (Phi) is 2.30. The normalized spacial score (nSPS) is 9.50. The van der Waals surface area contributed by atoms with Crippen LogP contribution in [0.4, 0.5) is 5.69 Å². The van der Waals surface area contributed by atoms with Crippen molar-refractivity contribution in [3.05, 3.63) is 29.3 Å². The molecule has 64 valence electrons. The molecule has 0 aliphatic heterocycles. The maximum atomic E-state index is 10.8. The van der Waals surface area contributed by atoms with Gasteiger partial charge in [-0.2, -0.15) is 0 Å². The van der Waals surface area contributed by atoms with Crippen LogP contribution in [0.3, 0.4) is 0 Å². The summed E-state index contributed by atoms with van der Waals surface area (Å²) in [5.74, 6) is 4.78. The van der Waals surface area contributed by atoms with E-state index in [1.807, 2.05) is 0 Å². The standard InChI is InChI=1S/C8H11N3O/c1-5-6(8(9)12)3-2-4-7(5)11-10/h2-4,11H,10H2,1H3,(H2,9,12). The smallest absolute Gasteiger partial charge is 0.249 e. The molecule has 0 saturated carbocycles. The Morgan fingerprint density at radius 3 is 2.67 bits per heavy atom. The SMILES string of the molecule is Cc1c(NN)cccc1C(N)=O. The van der Waals surface area contributed by atoms with Crippen LogP contribution < -0.4 is 17.0 Å². The number of nitrogen functional groups attached to an aromatic ring is 1. The van der Waals surface area contributed by atoms with E-state index in [0.717, 1.165) is 5.56 Å². The maximum absolute atomic E-state index is 10.8. The largest absolute Gasteiger partial charge is 0.366 e. The van der Waals surface area contributed by atoms with Crippen LogP contribution in [0.15, 0.2) is 18.2 Å². The molecule has 4 nitrogen and oxygen atoms in total. The lowest BCUT2D eigenvalue weighted by Crippen LogP contribution is -2.15. The number of amides is 1. The van der Waals surface area contributed by atoms with Gasteiger partial charge >= 0.3 is 0 Å². The fourth-order valence-electron chi connectivity index (χ4n) is 1.06. The first-order valence-corrected chi connectivity index (χ1v) is 3.53. The van der Waals surface area contributed by atoms with Crippen molar-refractivity contribution in [3.63, 3.8) is 0 Å². The van der Waals surface area contributed by atoms with Crippen LogP contribution in [-0.2, 0) is 0 Å². The molecule has 0 fully saturated rings. The first-order valence-electron chi connectivity index (χ1n) is 3.53. The Morgan fingerprint density at radius 1 is 1.50 bits per heavy atom. The van der Waals surface area contributed by atoms with E-state index in [2.05, 4.69) is 5.43 Å². The fourth-order valence-corrected chi connectivity index (χ4v) is 1.06. The molecule has 1 aromatic rings. The summed E-state index contributed by atoms with van der Waals surface area (Å²) < 4.78 is 0. The van der Waals surface area contributed by atoms with Gasteiger partial charge in [-0.15, -0.1) is 0 Å². The van der Waals surface area contributed by atoms with Gasteiger partial charge in [0.25, 0.3) is 0 Å². The third-order valence-electron chi connectivity index (χ3n) is 1.75. The third-order valence-corrected chi connectivity index (χ3v) is 1.75. The number of hydrogen-bond acceptors (Lipinski definition) is 3. The minimum Gasteiger partial charge on any atom is -0.366 e. The summed E-state index contributed by atoms with van der Waals surface area (Å²) in [6.07, 6.45) is 0. The summed E-state index contributed by atoms with van der Waals surface area (Å²) in [6.45, 7) is 1.79. The third kappa shape index (κ3) is 1.38. The number of benzene rings is 1. The molecule has 1 aromatic carbocycles. The maximum Gasteiger partial charge on any atom is 0.249 e. The number of carbonyl (C=O) groups excluding carboxylic acids is 1. The lowest BCUT2D eigenvalue weighted by molar-refractivity contribution is 0.1000. The molecule has 1 amide bonds. The minimum absolute atomic E-state index is 0.440. The molecule has 4 heteroatoms. The highest BCUT2D eigenvalue weighted by Crippen LogP contribution is 2.16. The summed E-state index contributed by atoms with van der Waals surface area (Å²) in [5.41, 5.74) is 9.59. The Morgan fingerprint density at radius 2 is 2.17 bits per heavy atom. The molecule has 1 rings (SSSR count). The lowest BCUT2D eigenvalue weighted by Gasteiger charge is -2.07. The number of hydrazine groups is 1. The second kappa shape index (κ2) is 3.23. The van der Waals surface area contributed by atoms with E-state index >= 15 is 0 Å². The van der Waals surface area contributed by atoms with Gasteiger partial charge in [0, 0.05) is 5.56 Å². The van der Waals surface area contributed by atoms with Gasteiger partial charge < -0.3 is 11.2 Å². The number of nitrogens with two attached hydrogens (primary N) is 2. The second-order valence-electron chi connectivity index (χ2n) is 2.49. The van der Waals surface area contributed by atoms with Crippen LogP contribution in [0.1, 0.15) is 15.9 Å². The molecule has 0 spiro atoms. The lowest BCUT2D eigenvalue weighted by atomic mass is 10.1. The van der Waals surface area contributed by atoms with Crippen molar-refractivity contribution < 1.29 is 4.79 Å². The number of carbonyl (C=O) groups is 1. The highest BCUT2D eigenvalue weighted by Gasteiger charge is 2.06. The topological polar surface area (TPSA) is 81.1 Å². The number of primary amides is 1.